The number of nitrogens with one attached hydrogen (secondary N) is 1. The molecule has 5 rings (SSSR count). The number of hydrogen-bond donors (Lipinski definition) is 1. The number of carbonyl (C=O) groups excluding carboxylic acids is 1. The van der Waals surface area contributed by atoms with E-state index < -0.39 is 0 Å². The van der Waals surface area contributed by atoms with Crippen molar-refractivity contribution in [2.75, 3.05) is 0 Å². The van der Waals surface area contributed by atoms with Crippen LogP contribution >= 0.6 is 22.6 Å². The molecule has 4 aliphatic rings. The quantitative estimate of drug-likeness (QED) is 0.745. The van der Waals surface area contributed by atoms with E-state index in [9.17, 15) is 4.79 Å². The zero-order chi connectivity index (χ0) is 16.2. The molecule has 0 radical (unpaired) electrons. The van der Waals surface area contributed by atoms with Crippen LogP contribution in [-0.4, -0.2) is 21.7 Å². The molecular formula is C18H26IN3O. The van der Waals surface area contributed by atoms with Crippen molar-refractivity contribution >= 4 is 28.5 Å². The second-order valence-electron chi connectivity index (χ2n) is 8.18. The predicted octanol–water partition coefficient (Wildman–Crippen LogP) is 3.75. The summed E-state index contributed by atoms with van der Waals surface area (Å²) in [5.74, 6) is 2.81. The number of carbonyl (C=O) groups is 1. The first-order chi connectivity index (χ1) is 11.0. The summed E-state index contributed by atoms with van der Waals surface area (Å²) in [5, 5.41) is 7.61. The maximum Gasteiger partial charge on any atom is 0.270 e. The second-order valence-corrected chi connectivity index (χ2v) is 9.34. The van der Waals surface area contributed by atoms with Crippen molar-refractivity contribution in [1.29, 1.82) is 0 Å². The maximum atomic E-state index is 12.8. The number of amides is 1. The SMILES string of the molecule is CCC(NC(=O)c1c(I)cnn1C)C12CC3CC(CC(C3)C1)C2. The smallest absolute Gasteiger partial charge is 0.270 e. The van der Waals surface area contributed by atoms with Crippen LogP contribution in [0, 0.1) is 26.7 Å². The van der Waals surface area contributed by atoms with Crippen LogP contribution < -0.4 is 5.32 Å². The summed E-state index contributed by atoms with van der Waals surface area (Å²) >= 11 is 2.20. The Hall–Kier alpha value is -0.590. The van der Waals surface area contributed by atoms with Gasteiger partial charge in [-0.05, 0) is 90.7 Å². The van der Waals surface area contributed by atoms with E-state index in [1.165, 1.54) is 38.5 Å². The average Bonchev–Trinajstić information content (AvgIpc) is 2.82. The first kappa shape index (κ1) is 15.9. The minimum atomic E-state index is 0.0528. The third-order valence-corrected chi connectivity index (χ3v) is 7.44. The summed E-state index contributed by atoms with van der Waals surface area (Å²) in [4.78, 5) is 12.8. The fraction of sp³-hybridized carbons (Fsp3) is 0.778. The highest BCUT2D eigenvalue weighted by atomic mass is 127. The molecule has 1 amide bonds. The van der Waals surface area contributed by atoms with Gasteiger partial charge >= 0.3 is 0 Å². The van der Waals surface area contributed by atoms with Crippen LogP contribution in [0.15, 0.2) is 6.20 Å². The van der Waals surface area contributed by atoms with Crippen LogP contribution in [0.1, 0.15) is 62.4 Å². The maximum absolute atomic E-state index is 12.8. The van der Waals surface area contributed by atoms with E-state index in [1.54, 1.807) is 10.9 Å². The molecule has 4 nitrogen and oxygen atoms in total. The number of halogens is 1. The van der Waals surface area contributed by atoms with Gasteiger partial charge in [-0.3, -0.25) is 9.48 Å². The van der Waals surface area contributed by atoms with Gasteiger partial charge in [0.1, 0.15) is 5.69 Å². The van der Waals surface area contributed by atoms with Gasteiger partial charge in [0, 0.05) is 13.1 Å². The summed E-state index contributed by atoms with van der Waals surface area (Å²) in [7, 11) is 1.85. The molecule has 4 aliphatic carbocycles. The standard InChI is InChI=1S/C18H26IN3O/c1-3-15(21-17(23)16-14(19)10-20-22(16)2)18-7-11-4-12(8-18)6-13(5-11)9-18/h10-13,15H,3-9H2,1-2H3,(H,21,23). The van der Waals surface area contributed by atoms with E-state index in [0.717, 1.165) is 27.7 Å². The summed E-state index contributed by atoms with van der Waals surface area (Å²) in [6, 6.07) is 0.314. The van der Waals surface area contributed by atoms with Crippen LogP contribution in [0.2, 0.25) is 0 Å². The molecule has 4 fully saturated rings. The van der Waals surface area contributed by atoms with Crippen molar-refractivity contribution in [2.24, 2.45) is 30.2 Å². The molecular weight excluding hydrogens is 401 g/mol. The molecule has 5 heteroatoms. The van der Waals surface area contributed by atoms with Crippen molar-refractivity contribution in [1.82, 2.24) is 15.1 Å². The molecule has 1 unspecified atom stereocenters. The Bertz CT molecular complexity index is 569. The average molecular weight is 427 g/mol. The molecule has 126 valence electrons. The third-order valence-electron chi connectivity index (χ3n) is 6.65. The van der Waals surface area contributed by atoms with Gasteiger partial charge in [0.25, 0.3) is 5.91 Å². The van der Waals surface area contributed by atoms with Gasteiger partial charge in [-0.15, -0.1) is 0 Å². The molecule has 4 bridgehead atoms. The van der Waals surface area contributed by atoms with Crippen LogP contribution in [0.5, 0.6) is 0 Å². The predicted molar refractivity (Wildman–Crippen MR) is 98.1 cm³/mol. The van der Waals surface area contributed by atoms with Gasteiger partial charge in [-0.1, -0.05) is 6.92 Å². The van der Waals surface area contributed by atoms with Crippen molar-refractivity contribution < 1.29 is 4.79 Å². The number of aryl methyl sites for hydroxylation is 1. The van der Waals surface area contributed by atoms with Crippen LogP contribution in [0.3, 0.4) is 0 Å². The van der Waals surface area contributed by atoms with Crippen molar-refractivity contribution in [3.8, 4) is 0 Å². The Morgan fingerprint density at radius 1 is 1.35 bits per heavy atom. The van der Waals surface area contributed by atoms with Gasteiger partial charge < -0.3 is 5.32 Å². The fourth-order valence-corrected chi connectivity index (χ4v) is 6.90. The Kier molecular flexibility index (Phi) is 3.97. The highest BCUT2D eigenvalue weighted by molar-refractivity contribution is 14.1. The normalized spacial score (nSPS) is 36.2. The summed E-state index contributed by atoms with van der Waals surface area (Å²) < 4.78 is 2.63. The monoisotopic (exact) mass is 427 g/mol. The molecule has 0 aromatic carbocycles. The van der Waals surface area contributed by atoms with E-state index in [-0.39, 0.29) is 5.91 Å². The first-order valence-corrected chi connectivity index (χ1v) is 10.1. The zero-order valence-electron chi connectivity index (χ0n) is 14.0. The molecule has 4 saturated carbocycles. The van der Waals surface area contributed by atoms with Gasteiger partial charge in [-0.25, -0.2) is 0 Å². The van der Waals surface area contributed by atoms with Gasteiger partial charge in [0.15, 0.2) is 0 Å². The molecule has 1 aromatic rings. The summed E-state index contributed by atoms with van der Waals surface area (Å²) in [5.41, 5.74) is 1.07. The van der Waals surface area contributed by atoms with Crippen LogP contribution in [0.25, 0.3) is 0 Å². The molecule has 1 aromatic heterocycles. The lowest BCUT2D eigenvalue weighted by Crippen LogP contribution is -2.56. The molecule has 1 atom stereocenters. The molecule has 0 aliphatic heterocycles. The minimum absolute atomic E-state index is 0.0528. The largest absolute Gasteiger partial charge is 0.347 e. The highest BCUT2D eigenvalue weighted by Crippen LogP contribution is 2.61. The fourth-order valence-electron chi connectivity index (χ4n) is 6.19. The Balaban J connectivity index is 1.56. The topological polar surface area (TPSA) is 46.9 Å². The molecule has 0 spiro atoms. The van der Waals surface area contributed by atoms with E-state index in [4.69, 9.17) is 0 Å². The van der Waals surface area contributed by atoms with Gasteiger partial charge in [-0.2, -0.15) is 5.10 Å². The Labute approximate surface area is 151 Å². The molecule has 1 heterocycles. The van der Waals surface area contributed by atoms with Crippen molar-refractivity contribution in [3.63, 3.8) is 0 Å². The van der Waals surface area contributed by atoms with E-state index in [0.29, 0.717) is 17.2 Å². The summed E-state index contributed by atoms with van der Waals surface area (Å²) in [6.07, 6.45) is 11.1. The first-order valence-electron chi connectivity index (χ1n) is 8.99. The van der Waals surface area contributed by atoms with E-state index in [1.807, 2.05) is 7.05 Å². The van der Waals surface area contributed by atoms with Crippen molar-refractivity contribution in [2.45, 2.75) is 57.9 Å². The number of nitrogens with zero attached hydrogens (tertiary/aromatic N) is 2. The van der Waals surface area contributed by atoms with Gasteiger partial charge in [0.05, 0.1) is 9.77 Å². The third kappa shape index (κ3) is 2.63. The Morgan fingerprint density at radius 3 is 2.35 bits per heavy atom. The Morgan fingerprint density at radius 2 is 1.91 bits per heavy atom. The lowest BCUT2D eigenvalue weighted by molar-refractivity contribution is -0.0727. The van der Waals surface area contributed by atoms with E-state index in [2.05, 4.69) is 39.9 Å². The van der Waals surface area contributed by atoms with Gasteiger partial charge in [0.2, 0.25) is 0 Å². The second kappa shape index (κ2) is 5.74. The van der Waals surface area contributed by atoms with Crippen molar-refractivity contribution in [3.05, 3.63) is 15.5 Å². The van der Waals surface area contributed by atoms with Crippen LogP contribution in [-0.2, 0) is 7.05 Å². The lowest BCUT2D eigenvalue weighted by atomic mass is 9.47. The van der Waals surface area contributed by atoms with Crippen LogP contribution in [0.4, 0.5) is 0 Å². The number of aromatic nitrogens is 2. The lowest BCUT2D eigenvalue weighted by Gasteiger charge is -2.59. The molecule has 1 N–H and O–H groups in total. The summed E-state index contributed by atoms with van der Waals surface area (Å²) in [6.45, 7) is 2.23. The number of hydrogen-bond acceptors (Lipinski definition) is 2. The zero-order valence-corrected chi connectivity index (χ0v) is 16.2. The molecule has 23 heavy (non-hydrogen) atoms. The molecule has 0 saturated heterocycles. The minimum Gasteiger partial charge on any atom is -0.347 e. The highest BCUT2D eigenvalue weighted by Gasteiger charge is 2.54. The van der Waals surface area contributed by atoms with E-state index >= 15 is 0 Å². The number of rotatable bonds is 4.